The lowest BCUT2D eigenvalue weighted by Crippen LogP contribution is -2.52. The van der Waals surface area contributed by atoms with Crippen LogP contribution in [0.5, 0.6) is 0 Å². The topological polar surface area (TPSA) is 35.2 Å². The summed E-state index contributed by atoms with van der Waals surface area (Å²) in [5.74, 6) is 6.92. The fourth-order valence-corrected chi connectivity index (χ4v) is 3.09. The van der Waals surface area contributed by atoms with Gasteiger partial charge in [0.25, 0.3) is 0 Å². The Balaban J connectivity index is 2.27. The Bertz CT molecular complexity index is 278. The zero-order valence-corrected chi connectivity index (χ0v) is 9.63. The Morgan fingerprint density at radius 3 is 2.57 bits per heavy atom. The second-order valence-electron chi connectivity index (χ2n) is 5.83. The van der Waals surface area contributed by atoms with Crippen LogP contribution >= 0.6 is 0 Å². The number of rotatable bonds is 2. The fourth-order valence-electron chi connectivity index (χ4n) is 3.09. The summed E-state index contributed by atoms with van der Waals surface area (Å²) in [6, 6.07) is 0. The molecule has 2 atom stereocenters. The van der Waals surface area contributed by atoms with Crippen LogP contribution in [0.2, 0.25) is 0 Å². The molecule has 0 aromatic rings. The van der Waals surface area contributed by atoms with Crippen molar-refractivity contribution in [3.63, 3.8) is 0 Å². The molecule has 3 aliphatic carbocycles. The van der Waals surface area contributed by atoms with E-state index < -0.39 is 0 Å². The monoisotopic (exact) mass is 195 g/mol. The molecule has 0 saturated heterocycles. The number of allylic oxidation sites excluding steroid dienone is 1. The van der Waals surface area contributed by atoms with E-state index in [-0.39, 0.29) is 5.60 Å². The fraction of sp³-hybridized carbons (Fsp3) is 0.833. The van der Waals surface area contributed by atoms with Crippen molar-refractivity contribution in [3.8, 4) is 0 Å². The van der Waals surface area contributed by atoms with Gasteiger partial charge >= 0.3 is 0 Å². The molecule has 3 aliphatic rings. The highest BCUT2D eigenvalue weighted by Gasteiger charge is 2.54. The second kappa shape index (κ2) is 2.83. The van der Waals surface area contributed by atoms with Gasteiger partial charge in [-0.2, -0.15) is 0 Å². The van der Waals surface area contributed by atoms with Crippen molar-refractivity contribution in [1.29, 1.82) is 0 Å². The molecular formula is C12H21NO. The first-order valence-electron chi connectivity index (χ1n) is 5.48. The number of hydrogen-bond donors (Lipinski definition) is 1. The van der Waals surface area contributed by atoms with Crippen LogP contribution in [0.1, 0.15) is 40.5 Å². The molecule has 2 heteroatoms. The third kappa shape index (κ3) is 1.17. The van der Waals surface area contributed by atoms with Crippen LogP contribution < -0.4 is 5.90 Å². The molecule has 1 saturated carbocycles. The summed E-state index contributed by atoms with van der Waals surface area (Å²) in [4.78, 5) is 5.10. The minimum absolute atomic E-state index is 0.284. The molecule has 0 radical (unpaired) electrons. The van der Waals surface area contributed by atoms with E-state index in [1.54, 1.807) is 0 Å². The van der Waals surface area contributed by atoms with Crippen LogP contribution in [0, 0.1) is 17.3 Å². The van der Waals surface area contributed by atoms with Gasteiger partial charge in [0.2, 0.25) is 0 Å². The highest BCUT2D eigenvalue weighted by molar-refractivity contribution is 5.29. The van der Waals surface area contributed by atoms with Crippen molar-refractivity contribution in [2.45, 2.75) is 46.1 Å². The van der Waals surface area contributed by atoms with Gasteiger partial charge in [0.1, 0.15) is 5.60 Å². The third-order valence-corrected chi connectivity index (χ3v) is 4.46. The van der Waals surface area contributed by atoms with Crippen molar-refractivity contribution < 1.29 is 4.84 Å². The van der Waals surface area contributed by atoms with Gasteiger partial charge in [-0.1, -0.05) is 19.9 Å². The van der Waals surface area contributed by atoms with Crippen molar-refractivity contribution in [3.05, 3.63) is 11.6 Å². The molecule has 2 N–H and O–H groups in total. The zero-order valence-electron chi connectivity index (χ0n) is 9.63. The molecule has 0 aromatic carbocycles. The van der Waals surface area contributed by atoms with Crippen LogP contribution in [-0.4, -0.2) is 5.60 Å². The molecule has 0 heterocycles. The molecule has 0 spiro atoms. The minimum Gasteiger partial charge on any atom is -0.294 e. The van der Waals surface area contributed by atoms with Gasteiger partial charge < -0.3 is 0 Å². The van der Waals surface area contributed by atoms with Crippen LogP contribution in [-0.2, 0) is 4.84 Å². The third-order valence-electron chi connectivity index (χ3n) is 4.46. The second-order valence-corrected chi connectivity index (χ2v) is 5.83. The summed E-state index contributed by atoms with van der Waals surface area (Å²) in [5.41, 5.74) is 1.58. The summed E-state index contributed by atoms with van der Waals surface area (Å²) in [6.45, 7) is 8.86. The Kier molecular flexibility index (Phi) is 2.06. The molecule has 2 nitrogen and oxygen atoms in total. The summed E-state index contributed by atoms with van der Waals surface area (Å²) in [6.07, 6.45) is 4.87. The van der Waals surface area contributed by atoms with E-state index in [1.165, 1.54) is 18.4 Å². The van der Waals surface area contributed by atoms with Crippen LogP contribution in [0.3, 0.4) is 0 Å². The van der Waals surface area contributed by atoms with Gasteiger partial charge in [-0.05, 0) is 49.5 Å². The van der Waals surface area contributed by atoms with E-state index in [1.807, 2.05) is 0 Å². The van der Waals surface area contributed by atoms with E-state index in [0.29, 0.717) is 11.3 Å². The smallest absolute Gasteiger partial charge is 0.105 e. The molecule has 80 valence electrons. The standard InChI is InChI=1S/C12H21NO/c1-11(2)8-5-6-9(10(11)7-8)12(3,4)14-13/h6,8,10H,5,7,13H2,1-4H3. The average Bonchev–Trinajstić information content (AvgIpc) is 2.17. The summed E-state index contributed by atoms with van der Waals surface area (Å²) in [5, 5.41) is 0. The van der Waals surface area contributed by atoms with Gasteiger partial charge in [-0.15, -0.1) is 0 Å². The predicted octanol–water partition coefficient (Wildman–Crippen LogP) is 2.65. The Hall–Kier alpha value is -0.340. The predicted molar refractivity (Wildman–Crippen MR) is 57.4 cm³/mol. The maximum atomic E-state index is 5.36. The molecule has 0 amide bonds. The van der Waals surface area contributed by atoms with Gasteiger partial charge in [-0.25, -0.2) is 5.90 Å². The zero-order chi connectivity index (χ0) is 10.6. The number of nitrogens with two attached hydrogens (primary N) is 1. The Morgan fingerprint density at radius 2 is 2.14 bits per heavy atom. The minimum atomic E-state index is -0.284. The molecule has 0 aromatic heterocycles. The van der Waals surface area contributed by atoms with Crippen molar-refractivity contribution in [2.75, 3.05) is 0 Å². The average molecular weight is 195 g/mol. The quantitative estimate of drug-likeness (QED) is 0.543. The number of fused-ring (bicyclic) bond motifs is 1. The lowest BCUT2D eigenvalue weighted by atomic mass is 9.47. The Labute approximate surface area is 86.5 Å². The van der Waals surface area contributed by atoms with E-state index >= 15 is 0 Å². The maximum Gasteiger partial charge on any atom is 0.105 e. The van der Waals surface area contributed by atoms with E-state index in [2.05, 4.69) is 33.8 Å². The van der Waals surface area contributed by atoms with Gasteiger partial charge in [0, 0.05) is 0 Å². The number of hydrogen-bond acceptors (Lipinski definition) is 2. The first-order valence-corrected chi connectivity index (χ1v) is 5.48. The first kappa shape index (κ1) is 10.2. The van der Waals surface area contributed by atoms with Crippen LogP contribution in [0.4, 0.5) is 0 Å². The van der Waals surface area contributed by atoms with Gasteiger partial charge in [-0.3, -0.25) is 4.84 Å². The molecule has 2 bridgehead atoms. The Morgan fingerprint density at radius 1 is 1.50 bits per heavy atom. The van der Waals surface area contributed by atoms with Crippen molar-refractivity contribution in [1.82, 2.24) is 0 Å². The molecule has 14 heavy (non-hydrogen) atoms. The lowest BCUT2D eigenvalue weighted by molar-refractivity contribution is -0.0605. The summed E-state index contributed by atoms with van der Waals surface area (Å²) >= 11 is 0. The molecule has 3 rings (SSSR count). The van der Waals surface area contributed by atoms with Crippen molar-refractivity contribution in [2.24, 2.45) is 23.1 Å². The lowest BCUT2D eigenvalue weighted by Gasteiger charge is -2.58. The molecule has 1 fully saturated rings. The summed E-state index contributed by atoms with van der Waals surface area (Å²) < 4.78 is 0. The van der Waals surface area contributed by atoms with Gasteiger partial charge in [0.15, 0.2) is 0 Å². The first-order chi connectivity index (χ1) is 6.39. The highest BCUT2D eigenvalue weighted by Crippen LogP contribution is 2.61. The SMILES string of the molecule is CC(C)(ON)C1=CCC2CC1C2(C)C. The molecule has 2 unspecified atom stereocenters. The van der Waals surface area contributed by atoms with Gasteiger partial charge in [0.05, 0.1) is 0 Å². The van der Waals surface area contributed by atoms with Crippen molar-refractivity contribution >= 4 is 0 Å². The maximum absolute atomic E-state index is 5.36. The largest absolute Gasteiger partial charge is 0.294 e. The summed E-state index contributed by atoms with van der Waals surface area (Å²) in [7, 11) is 0. The molecular weight excluding hydrogens is 174 g/mol. The highest BCUT2D eigenvalue weighted by atomic mass is 16.6. The van der Waals surface area contributed by atoms with E-state index in [0.717, 1.165) is 5.92 Å². The van der Waals surface area contributed by atoms with E-state index in [4.69, 9.17) is 10.7 Å². The van der Waals surface area contributed by atoms with Crippen LogP contribution in [0.25, 0.3) is 0 Å². The van der Waals surface area contributed by atoms with E-state index in [9.17, 15) is 0 Å². The van der Waals surface area contributed by atoms with Crippen LogP contribution in [0.15, 0.2) is 11.6 Å². The molecule has 0 aliphatic heterocycles. The normalized spacial score (nSPS) is 34.8.